The lowest BCUT2D eigenvalue weighted by molar-refractivity contribution is -0.116. The van der Waals surface area contributed by atoms with Gasteiger partial charge in [0, 0.05) is 30.8 Å². The van der Waals surface area contributed by atoms with Crippen molar-refractivity contribution in [1.82, 2.24) is 10.3 Å². The summed E-state index contributed by atoms with van der Waals surface area (Å²) in [6.45, 7) is 6.00. The predicted octanol–water partition coefficient (Wildman–Crippen LogP) is 1.30. The van der Waals surface area contributed by atoms with Gasteiger partial charge in [-0.1, -0.05) is 6.58 Å². The van der Waals surface area contributed by atoms with Gasteiger partial charge in [-0.25, -0.2) is 0 Å². The first-order valence-corrected chi connectivity index (χ1v) is 6.33. The van der Waals surface area contributed by atoms with Crippen LogP contribution in [0.3, 0.4) is 0 Å². The molecule has 2 heterocycles. The minimum absolute atomic E-state index is 0.202. The van der Waals surface area contributed by atoms with E-state index in [4.69, 9.17) is 9.47 Å². The lowest BCUT2D eigenvalue weighted by Gasteiger charge is -2.13. The van der Waals surface area contributed by atoms with E-state index in [0.29, 0.717) is 24.8 Å². The zero-order valence-electron chi connectivity index (χ0n) is 10.8. The number of pyridine rings is 1. The third-order valence-electron chi connectivity index (χ3n) is 3.01. The summed E-state index contributed by atoms with van der Waals surface area (Å²) < 4.78 is 11.1. The third-order valence-corrected chi connectivity index (χ3v) is 3.01. The summed E-state index contributed by atoms with van der Waals surface area (Å²) in [4.78, 5) is 15.2. The molecule has 1 saturated heterocycles. The molecule has 1 aliphatic rings. The summed E-state index contributed by atoms with van der Waals surface area (Å²) >= 11 is 0. The van der Waals surface area contributed by atoms with Crippen molar-refractivity contribution < 1.29 is 14.3 Å². The number of aromatic nitrogens is 1. The van der Waals surface area contributed by atoms with Gasteiger partial charge in [-0.3, -0.25) is 9.78 Å². The Labute approximate surface area is 112 Å². The molecule has 0 radical (unpaired) electrons. The summed E-state index contributed by atoms with van der Waals surface area (Å²) in [7, 11) is 0. The van der Waals surface area contributed by atoms with E-state index < -0.39 is 0 Å². The minimum atomic E-state index is -0.202. The van der Waals surface area contributed by atoms with Crippen molar-refractivity contribution in [3.05, 3.63) is 36.7 Å². The Balaban J connectivity index is 1.91. The predicted molar refractivity (Wildman–Crippen MR) is 70.7 cm³/mol. The maximum absolute atomic E-state index is 11.2. The zero-order chi connectivity index (χ0) is 13.5. The minimum Gasteiger partial charge on any atom is -0.491 e. The number of nitrogens with zero attached hydrogens (tertiary/aromatic N) is 1. The summed E-state index contributed by atoms with van der Waals surface area (Å²) in [6, 6.07) is 1.84. The molecule has 1 aliphatic heterocycles. The van der Waals surface area contributed by atoms with Crippen LogP contribution in [0.25, 0.3) is 0 Å². The smallest absolute Gasteiger partial charge is 0.243 e. The summed E-state index contributed by atoms with van der Waals surface area (Å²) in [5, 5.41) is 2.73. The largest absolute Gasteiger partial charge is 0.491 e. The summed E-state index contributed by atoms with van der Waals surface area (Å²) in [5.41, 5.74) is 0.907. The molecular formula is C14H18N2O3. The van der Waals surface area contributed by atoms with Gasteiger partial charge in [0.05, 0.1) is 19.4 Å². The Morgan fingerprint density at radius 3 is 3.32 bits per heavy atom. The molecule has 2 rings (SSSR count). The number of hydrogen-bond donors (Lipinski definition) is 1. The van der Waals surface area contributed by atoms with Crippen LogP contribution in [-0.4, -0.2) is 30.7 Å². The molecule has 1 aromatic rings. The molecule has 0 bridgehead atoms. The van der Waals surface area contributed by atoms with Gasteiger partial charge in [0.15, 0.2) is 0 Å². The van der Waals surface area contributed by atoms with E-state index in [0.717, 1.165) is 25.2 Å². The summed E-state index contributed by atoms with van der Waals surface area (Å²) in [5.74, 6) is 0.946. The Hall–Kier alpha value is -1.88. The van der Waals surface area contributed by atoms with E-state index in [1.54, 1.807) is 12.4 Å². The zero-order valence-corrected chi connectivity index (χ0v) is 10.8. The number of ether oxygens (including phenoxy) is 2. The van der Waals surface area contributed by atoms with Crippen LogP contribution in [0.4, 0.5) is 0 Å². The van der Waals surface area contributed by atoms with Crippen LogP contribution >= 0.6 is 0 Å². The van der Waals surface area contributed by atoms with E-state index in [-0.39, 0.29) is 5.91 Å². The maximum atomic E-state index is 11.2. The van der Waals surface area contributed by atoms with Crippen LogP contribution in [0, 0.1) is 5.92 Å². The van der Waals surface area contributed by atoms with E-state index in [9.17, 15) is 4.79 Å². The third kappa shape index (κ3) is 4.06. The number of carbonyl (C=O) groups excluding carboxylic acids is 1. The molecule has 5 nitrogen and oxygen atoms in total. The van der Waals surface area contributed by atoms with Gasteiger partial charge < -0.3 is 14.8 Å². The second-order valence-corrected chi connectivity index (χ2v) is 4.45. The summed E-state index contributed by atoms with van der Waals surface area (Å²) in [6.07, 6.45) is 5.63. The Morgan fingerprint density at radius 1 is 1.68 bits per heavy atom. The van der Waals surface area contributed by atoms with Crippen LogP contribution in [0.15, 0.2) is 31.1 Å². The number of rotatable bonds is 6. The molecule has 1 aromatic heterocycles. The van der Waals surface area contributed by atoms with Gasteiger partial charge >= 0.3 is 0 Å². The number of nitrogens with one attached hydrogen (secondary N) is 1. The molecule has 102 valence electrons. The SMILES string of the molecule is C=CC(=O)NCc1ccncc1OCC1CCOC1. The van der Waals surface area contributed by atoms with Crippen LogP contribution in [0.1, 0.15) is 12.0 Å². The lowest BCUT2D eigenvalue weighted by atomic mass is 10.1. The maximum Gasteiger partial charge on any atom is 0.243 e. The van der Waals surface area contributed by atoms with Crippen LogP contribution in [0.5, 0.6) is 5.75 Å². The van der Waals surface area contributed by atoms with Crippen LogP contribution in [-0.2, 0) is 16.1 Å². The van der Waals surface area contributed by atoms with Gasteiger partial charge in [0.1, 0.15) is 5.75 Å². The topological polar surface area (TPSA) is 60.5 Å². The van der Waals surface area contributed by atoms with Gasteiger partial charge in [0.25, 0.3) is 0 Å². The molecule has 1 unspecified atom stereocenters. The molecular weight excluding hydrogens is 244 g/mol. The molecule has 19 heavy (non-hydrogen) atoms. The highest BCUT2D eigenvalue weighted by Crippen LogP contribution is 2.19. The molecule has 1 amide bonds. The van der Waals surface area contributed by atoms with E-state index in [1.807, 2.05) is 6.07 Å². The molecule has 0 aromatic carbocycles. The van der Waals surface area contributed by atoms with E-state index >= 15 is 0 Å². The lowest BCUT2D eigenvalue weighted by Crippen LogP contribution is -2.21. The van der Waals surface area contributed by atoms with Gasteiger partial charge in [-0.05, 0) is 18.6 Å². The first-order valence-electron chi connectivity index (χ1n) is 6.33. The monoisotopic (exact) mass is 262 g/mol. The second kappa shape index (κ2) is 6.89. The fourth-order valence-electron chi connectivity index (χ4n) is 1.86. The van der Waals surface area contributed by atoms with E-state index in [2.05, 4.69) is 16.9 Å². The van der Waals surface area contributed by atoms with Gasteiger partial charge in [0.2, 0.25) is 5.91 Å². The number of hydrogen-bond acceptors (Lipinski definition) is 4. The van der Waals surface area contributed by atoms with Crippen molar-refractivity contribution in [3.8, 4) is 5.75 Å². The molecule has 1 fully saturated rings. The van der Waals surface area contributed by atoms with Gasteiger partial charge in [-0.2, -0.15) is 0 Å². The highest BCUT2D eigenvalue weighted by atomic mass is 16.5. The number of carbonyl (C=O) groups is 1. The fraction of sp³-hybridized carbons (Fsp3) is 0.429. The molecule has 0 aliphatic carbocycles. The van der Waals surface area contributed by atoms with Crippen molar-refractivity contribution in [2.24, 2.45) is 5.92 Å². The molecule has 0 saturated carbocycles. The molecule has 5 heteroatoms. The van der Waals surface area contributed by atoms with Crippen LogP contribution in [0.2, 0.25) is 0 Å². The Bertz CT molecular complexity index is 442. The van der Waals surface area contributed by atoms with Crippen molar-refractivity contribution in [2.75, 3.05) is 19.8 Å². The van der Waals surface area contributed by atoms with Gasteiger partial charge in [-0.15, -0.1) is 0 Å². The van der Waals surface area contributed by atoms with Crippen LogP contribution < -0.4 is 10.1 Å². The van der Waals surface area contributed by atoms with Crippen molar-refractivity contribution in [3.63, 3.8) is 0 Å². The second-order valence-electron chi connectivity index (χ2n) is 4.45. The highest BCUT2D eigenvalue weighted by Gasteiger charge is 2.17. The first-order chi connectivity index (χ1) is 9.29. The van der Waals surface area contributed by atoms with Crippen molar-refractivity contribution >= 4 is 5.91 Å². The fourth-order valence-corrected chi connectivity index (χ4v) is 1.86. The highest BCUT2D eigenvalue weighted by molar-refractivity contribution is 5.86. The average Bonchev–Trinajstić information content (AvgIpc) is 2.96. The number of amides is 1. The molecule has 1 atom stereocenters. The first kappa shape index (κ1) is 13.5. The standard InChI is InChI=1S/C14H18N2O3/c1-2-14(17)16-7-12-3-5-15-8-13(12)19-10-11-4-6-18-9-11/h2-3,5,8,11H,1,4,6-7,9-10H2,(H,16,17). The van der Waals surface area contributed by atoms with Crippen molar-refractivity contribution in [2.45, 2.75) is 13.0 Å². The molecule has 1 N–H and O–H groups in total. The van der Waals surface area contributed by atoms with Crippen molar-refractivity contribution in [1.29, 1.82) is 0 Å². The average molecular weight is 262 g/mol. The Morgan fingerprint density at radius 2 is 2.58 bits per heavy atom. The molecule has 0 spiro atoms. The van der Waals surface area contributed by atoms with E-state index in [1.165, 1.54) is 6.08 Å². The quantitative estimate of drug-likeness (QED) is 0.785. The Kier molecular flexibility index (Phi) is 4.92. The normalized spacial score (nSPS) is 18.0.